The SMILES string of the molecule is Cc1c[c]([Ge]([CH3])([CH3])[CH3])cc2ccc3c(-c4ccc(C(C)C)cc4)nc(C(C)C)nc3c12. The van der Waals surface area contributed by atoms with E-state index in [1.165, 1.54) is 21.9 Å². The Hall–Kier alpha value is -2.20. The Balaban J connectivity index is 2.04. The van der Waals surface area contributed by atoms with Gasteiger partial charge in [-0.3, -0.25) is 0 Å². The van der Waals surface area contributed by atoms with E-state index in [0.29, 0.717) is 5.92 Å². The summed E-state index contributed by atoms with van der Waals surface area (Å²) in [6.07, 6.45) is 0. The molecule has 31 heavy (non-hydrogen) atoms. The summed E-state index contributed by atoms with van der Waals surface area (Å²) in [5.41, 5.74) is 5.98. The molecular formula is C28H34GeN2. The number of aryl methyl sites for hydroxylation is 1. The van der Waals surface area contributed by atoms with Crippen molar-refractivity contribution in [2.24, 2.45) is 0 Å². The van der Waals surface area contributed by atoms with E-state index < -0.39 is 13.3 Å². The van der Waals surface area contributed by atoms with Crippen molar-refractivity contribution < 1.29 is 0 Å². The number of fused-ring (bicyclic) bond motifs is 3. The van der Waals surface area contributed by atoms with Crippen LogP contribution in [0.4, 0.5) is 0 Å². The maximum absolute atomic E-state index is 5.09. The number of nitrogens with zero attached hydrogens (tertiary/aromatic N) is 2. The summed E-state index contributed by atoms with van der Waals surface area (Å²) >= 11 is -1.92. The normalized spacial score (nSPS) is 12.5. The molecule has 0 saturated heterocycles. The molecule has 0 aliphatic carbocycles. The van der Waals surface area contributed by atoms with E-state index in [0.717, 1.165) is 28.0 Å². The van der Waals surface area contributed by atoms with Gasteiger partial charge < -0.3 is 0 Å². The second kappa shape index (κ2) is 8.05. The first-order valence-corrected chi connectivity index (χ1v) is 18.8. The van der Waals surface area contributed by atoms with Crippen molar-refractivity contribution in [1.82, 2.24) is 9.97 Å². The van der Waals surface area contributed by atoms with E-state index in [-0.39, 0.29) is 5.92 Å². The number of hydrogen-bond acceptors (Lipinski definition) is 2. The van der Waals surface area contributed by atoms with Gasteiger partial charge in [0.05, 0.1) is 0 Å². The van der Waals surface area contributed by atoms with Crippen LogP contribution < -0.4 is 4.40 Å². The molecule has 3 aromatic carbocycles. The monoisotopic (exact) mass is 472 g/mol. The minimum absolute atomic E-state index is 0.275. The van der Waals surface area contributed by atoms with Gasteiger partial charge in [-0.15, -0.1) is 0 Å². The van der Waals surface area contributed by atoms with E-state index in [1.54, 1.807) is 4.40 Å². The molecule has 2 nitrogen and oxygen atoms in total. The molecule has 0 amide bonds. The van der Waals surface area contributed by atoms with E-state index in [1.807, 2.05) is 0 Å². The van der Waals surface area contributed by atoms with Crippen LogP contribution in [0.5, 0.6) is 0 Å². The molecule has 4 rings (SSSR count). The van der Waals surface area contributed by atoms with Gasteiger partial charge in [-0.1, -0.05) is 13.8 Å². The first-order valence-electron chi connectivity index (χ1n) is 11.4. The minimum atomic E-state index is -1.92. The summed E-state index contributed by atoms with van der Waals surface area (Å²) in [4.78, 5) is 10.1. The third kappa shape index (κ3) is 4.15. The molecule has 0 radical (unpaired) electrons. The zero-order chi connectivity index (χ0) is 22.5. The molecule has 0 aliphatic heterocycles. The standard InChI is InChI=1S/C28H34GeN2/c1-17(2)20-9-11-21(12-10-20)26-24-14-13-22-16-23(29(6,7)8)15-19(5)25(22)27(24)31-28(30-26)18(3)4/h9-18H,1-8H3. The van der Waals surface area contributed by atoms with Gasteiger partial charge in [-0.25, -0.2) is 0 Å². The van der Waals surface area contributed by atoms with Crippen LogP contribution >= 0.6 is 0 Å². The topological polar surface area (TPSA) is 25.8 Å². The van der Waals surface area contributed by atoms with Crippen molar-refractivity contribution in [3.05, 3.63) is 65.5 Å². The Morgan fingerprint density at radius 2 is 1.45 bits per heavy atom. The predicted octanol–water partition coefficient (Wildman–Crippen LogP) is 7.55. The fourth-order valence-electron chi connectivity index (χ4n) is 4.21. The molecule has 0 saturated carbocycles. The summed E-state index contributed by atoms with van der Waals surface area (Å²) in [7, 11) is 0. The van der Waals surface area contributed by atoms with Crippen molar-refractivity contribution in [1.29, 1.82) is 0 Å². The molecule has 1 aromatic heterocycles. The molecule has 0 spiro atoms. The Morgan fingerprint density at radius 3 is 2.03 bits per heavy atom. The van der Waals surface area contributed by atoms with Crippen LogP contribution in [0.2, 0.25) is 17.3 Å². The molecule has 4 aromatic rings. The van der Waals surface area contributed by atoms with Gasteiger partial charge in [0.15, 0.2) is 0 Å². The predicted molar refractivity (Wildman–Crippen MR) is 138 cm³/mol. The van der Waals surface area contributed by atoms with Crippen LogP contribution in [0.15, 0.2) is 48.5 Å². The Kier molecular flexibility index (Phi) is 5.72. The second-order valence-electron chi connectivity index (χ2n) is 10.5. The van der Waals surface area contributed by atoms with Gasteiger partial charge in [0.25, 0.3) is 0 Å². The fourth-order valence-corrected chi connectivity index (χ4v) is 6.81. The number of hydrogen-bond donors (Lipinski definition) is 0. The van der Waals surface area contributed by atoms with Crippen molar-refractivity contribution in [2.45, 2.75) is 63.7 Å². The van der Waals surface area contributed by atoms with E-state index in [2.05, 4.69) is 100 Å². The van der Waals surface area contributed by atoms with Gasteiger partial charge in [-0.2, -0.15) is 0 Å². The van der Waals surface area contributed by atoms with E-state index in [4.69, 9.17) is 9.97 Å². The van der Waals surface area contributed by atoms with Gasteiger partial charge in [0.1, 0.15) is 0 Å². The Morgan fingerprint density at radius 1 is 0.774 bits per heavy atom. The first-order chi connectivity index (χ1) is 14.6. The number of rotatable bonds is 4. The molecule has 0 fully saturated rings. The molecular weight excluding hydrogens is 437 g/mol. The molecule has 0 N–H and O–H groups in total. The van der Waals surface area contributed by atoms with Crippen molar-refractivity contribution >= 4 is 39.3 Å². The molecule has 0 unspecified atom stereocenters. The molecule has 1 heterocycles. The van der Waals surface area contributed by atoms with Crippen LogP contribution in [0.1, 0.15) is 56.5 Å². The van der Waals surface area contributed by atoms with Crippen molar-refractivity contribution in [2.75, 3.05) is 0 Å². The molecule has 160 valence electrons. The average Bonchev–Trinajstić information content (AvgIpc) is 2.71. The van der Waals surface area contributed by atoms with Crippen LogP contribution in [-0.2, 0) is 0 Å². The number of aromatic nitrogens is 2. The average molecular weight is 471 g/mol. The van der Waals surface area contributed by atoms with E-state index >= 15 is 0 Å². The first kappa shape index (κ1) is 22.0. The quantitative estimate of drug-likeness (QED) is 0.227. The maximum atomic E-state index is 5.09. The molecule has 0 atom stereocenters. The molecule has 0 aliphatic rings. The van der Waals surface area contributed by atoms with Crippen molar-refractivity contribution in [3.8, 4) is 11.3 Å². The van der Waals surface area contributed by atoms with Crippen LogP contribution in [0.25, 0.3) is 32.9 Å². The second-order valence-corrected chi connectivity index (χ2v) is 21.1. The molecule has 0 bridgehead atoms. The van der Waals surface area contributed by atoms with Crippen LogP contribution in [0.3, 0.4) is 0 Å². The Labute approximate surface area is 189 Å². The summed E-state index contributed by atoms with van der Waals surface area (Å²) in [5.74, 6) is 9.09. The zero-order valence-corrected chi connectivity index (χ0v) is 22.3. The van der Waals surface area contributed by atoms with Gasteiger partial charge in [0.2, 0.25) is 0 Å². The summed E-state index contributed by atoms with van der Waals surface area (Å²) in [5, 5.41) is 3.72. The third-order valence-electron chi connectivity index (χ3n) is 6.23. The number of benzene rings is 3. The fraction of sp³-hybridized carbons (Fsp3) is 0.357. The summed E-state index contributed by atoms with van der Waals surface area (Å²) < 4.78 is 1.55. The van der Waals surface area contributed by atoms with Crippen molar-refractivity contribution in [3.63, 3.8) is 0 Å². The summed E-state index contributed by atoms with van der Waals surface area (Å²) in [6.45, 7) is 11.1. The zero-order valence-electron chi connectivity index (χ0n) is 20.2. The molecule has 3 heteroatoms. The van der Waals surface area contributed by atoms with Gasteiger partial charge >= 0.3 is 176 Å². The van der Waals surface area contributed by atoms with Gasteiger partial charge in [-0.05, 0) is 0 Å². The Bertz CT molecular complexity index is 1260. The van der Waals surface area contributed by atoms with Gasteiger partial charge in [0, 0.05) is 0 Å². The summed E-state index contributed by atoms with van der Waals surface area (Å²) in [6, 6.07) is 18.2. The van der Waals surface area contributed by atoms with E-state index in [9.17, 15) is 0 Å². The third-order valence-corrected chi connectivity index (χ3v) is 10.5. The van der Waals surface area contributed by atoms with Crippen LogP contribution in [0, 0.1) is 6.92 Å². The van der Waals surface area contributed by atoms with Crippen LogP contribution in [-0.4, -0.2) is 23.2 Å².